The van der Waals surface area contributed by atoms with Crippen LogP contribution in [-0.2, 0) is 17.8 Å². The first-order valence-electron chi connectivity index (χ1n) is 11.0. The van der Waals surface area contributed by atoms with Gasteiger partial charge in [0, 0.05) is 56.7 Å². The first-order valence-corrected chi connectivity index (χ1v) is 11.0. The van der Waals surface area contributed by atoms with Gasteiger partial charge in [0.05, 0.1) is 12.1 Å². The molecule has 1 atom stereocenters. The molecule has 1 saturated heterocycles. The number of nitrogens with zero attached hydrogens (tertiary/aromatic N) is 3. The minimum Gasteiger partial charge on any atom is -0.315 e. The second-order valence-electron chi connectivity index (χ2n) is 8.44. The largest absolute Gasteiger partial charge is 0.315 e. The summed E-state index contributed by atoms with van der Waals surface area (Å²) in [5.74, 6) is -0.268. The second kappa shape index (κ2) is 10.0. The van der Waals surface area contributed by atoms with Crippen molar-refractivity contribution in [2.45, 2.75) is 25.9 Å². The van der Waals surface area contributed by atoms with Crippen LogP contribution < -0.4 is 10.2 Å². The highest BCUT2D eigenvalue weighted by Gasteiger charge is 2.16. The molecule has 0 unspecified atom stereocenters. The van der Waals surface area contributed by atoms with Gasteiger partial charge in [-0.1, -0.05) is 18.2 Å². The number of rotatable bonds is 6. The molecule has 0 aliphatic carbocycles. The fourth-order valence-corrected chi connectivity index (χ4v) is 4.00. The molecule has 0 bridgehead atoms. The van der Waals surface area contributed by atoms with Crippen molar-refractivity contribution in [2.24, 2.45) is 0 Å². The van der Waals surface area contributed by atoms with E-state index in [1.165, 1.54) is 17.7 Å². The number of pyridine rings is 1. The maximum atomic E-state index is 13.1. The van der Waals surface area contributed by atoms with Gasteiger partial charge in [-0.2, -0.15) is 0 Å². The minimum absolute atomic E-state index is 0.00464. The predicted octanol–water partition coefficient (Wildman–Crippen LogP) is 3.89. The molecule has 4 rings (SSSR count). The van der Waals surface area contributed by atoms with Gasteiger partial charge >= 0.3 is 0 Å². The SMILES string of the molecule is C[C@H]1CN(Cc2ccc(N(C)C(=O)Cc3ccc(-c4ccc(F)cc4)nc3)cc2)CCN1. The zero-order valence-corrected chi connectivity index (χ0v) is 18.6. The lowest BCUT2D eigenvalue weighted by Gasteiger charge is -2.31. The number of piperazine rings is 1. The molecule has 2 aromatic carbocycles. The molecule has 1 aromatic heterocycles. The second-order valence-corrected chi connectivity index (χ2v) is 8.44. The monoisotopic (exact) mass is 432 g/mol. The Bertz CT molecular complexity index is 1030. The fourth-order valence-electron chi connectivity index (χ4n) is 4.00. The minimum atomic E-state index is -0.273. The molecule has 32 heavy (non-hydrogen) atoms. The predicted molar refractivity (Wildman–Crippen MR) is 126 cm³/mol. The van der Waals surface area contributed by atoms with Crippen LogP contribution in [0.2, 0.25) is 0 Å². The summed E-state index contributed by atoms with van der Waals surface area (Å²) in [5.41, 5.74) is 4.57. The zero-order valence-electron chi connectivity index (χ0n) is 18.6. The van der Waals surface area contributed by atoms with E-state index in [0.29, 0.717) is 6.04 Å². The molecule has 0 radical (unpaired) electrons. The molecule has 1 fully saturated rings. The molecule has 2 heterocycles. The number of benzene rings is 2. The van der Waals surface area contributed by atoms with Gasteiger partial charge in [0.2, 0.25) is 5.91 Å². The van der Waals surface area contributed by atoms with Crippen LogP contribution in [0, 0.1) is 5.82 Å². The normalized spacial score (nSPS) is 16.7. The van der Waals surface area contributed by atoms with Crippen LogP contribution in [0.15, 0.2) is 66.9 Å². The van der Waals surface area contributed by atoms with Gasteiger partial charge < -0.3 is 10.2 Å². The van der Waals surface area contributed by atoms with E-state index in [1.807, 2.05) is 24.3 Å². The third-order valence-corrected chi connectivity index (χ3v) is 5.88. The third-order valence-electron chi connectivity index (χ3n) is 5.88. The number of hydrogen-bond donors (Lipinski definition) is 1. The lowest BCUT2D eigenvalue weighted by Crippen LogP contribution is -2.48. The first kappa shape index (κ1) is 22.1. The highest BCUT2D eigenvalue weighted by molar-refractivity contribution is 5.94. The number of nitrogens with one attached hydrogen (secondary N) is 1. The van der Waals surface area contributed by atoms with E-state index >= 15 is 0 Å². The number of carbonyl (C=O) groups is 1. The van der Waals surface area contributed by atoms with E-state index in [2.05, 4.69) is 34.3 Å². The lowest BCUT2D eigenvalue weighted by atomic mass is 10.1. The van der Waals surface area contributed by atoms with Crippen molar-refractivity contribution in [3.05, 3.63) is 83.8 Å². The highest BCUT2D eigenvalue weighted by atomic mass is 19.1. The summed E-state index contributed by atoms with van der Waals surface area (Å²) in [5, 5.41) is 3.46. The molecule has 0 saturated carbocycles. The number of likely N-dealkylation sites (N-methyl/N-ethyl adjacent to an activating group) is 1. The average molecular weight is 433 g/mol. The maximum Gasteiger partial charge on any atom is 0.231 e. The molecule has 0 spiro atoms. The van der Waals surface area contributed by atoms with Crippen molar-refractivity contribution in [2.75, 3.05) is 31.6 Å². The van der Waals surface area contributed by atoms with E-state index in [0.717, 1.165) is 48.7 Å². The van der Waals surface area contributed by atoms with Crippen LogP contribution in [0.25, 0.3) is 11.3 Å². The Kier molecular flexibility index (Phi) is 6.93. The first-order chi connectivity index (χ1) is 15.5. The molecule has 3 aromatic rings. The summed E-state index contributed by atoms with van der Waals surface area (Å²) in [6, 6.07) is 18.7. The van der Waals surface area contributed by atoms with Gasteiger partial charge in [0.15, 0.2) is 0 Å². The van der Waals surface area contributed by atoms with E-state index in [1.54, 1.807) is 30.3 Å². The van der Waals surface area contributed by atoms with Gasteiger partial charge in [-0.25, -0.2) is 4.39 Å². The van der Waals surface area contributed by atoms with E-state index in [9.17, 15) is 9.18 Å². The molecule has 1 aliphatic heterocycles. The molecule has 1 amide bonds. The summed E-state index contributed by atoms with van der Waals surface area (Å²) in [6.45, 7) is 6.26. The number of carbonyl (C=O) groups excluding carboxylic acids is 1. The number of hydrogen-bond acceptors (Lipinski definition) is 4. The highest BCUT2D eigenvalue weighted by Crippen LogP contribution is 2.19. The van der Waals surface area contributed by atoms with Crippen molar-refractivity contribution < 1.29 is 9.18 Å². The van der Waals surface area contributed by atoms with Crippen molar-refractivity contribution >= 4 is 11.6 Å². The van der Waals surface area contributed by atoms with Crippen molar-refractivity contribution in [1.82, 2.24) is 15.2 Å². The fraction of sp³-hybridized carbons (Fsp3) is 0.308. The average Bonchev–Trinajstić information content (AvgIpc) is 2.80. The summed E-state index contributed by atoms with van der Waals surface area (Å²) < 4.78 is 13.1. The molecule has 5 nitrogen and oxygen atoms in total. The van der Waals surface area contributed by atoms with Gasteiger partial charge in [-0.15, -0.1) is 0 Å². The van der Waals surface area contributed by atoms with E-state index in [4.69, 9.17) is 0 Å². The topological polar surface area (TPSA) is 48.5 Å². The summed E-state index contributed by atoms with van der Waals surface area (Å²) in [7, 11) is 1.80. The van der Waals surface area contributed by atoms with Gasteiger partial charge in [-0.3, -0.25) is 14.7 Å². The Labute approximate surface area is 188 Å². The smallest absolute Gasteiger partial charge is 0.231 e. The van der Waals surface area contributed by atoms with Gasteiger partial charge in [0.1, 0.15) is 5.82 Å². The van der Waals surface area contributed by atoms with Crippen LogP contribution >= 0.6 is 0 Å². The molecule has 1 N–H and O–H groups in total. The van der Waals surface area contributed by atoms with Crippen molar-refractivity contribution in [3.8, 4) is 11.3 Å². The lowest BCUT2D eigenvalue weighted by molar-refractivity contribution is -0.117. The Hall–Kier alpha value is -3.09. The number of aromatic nitrogens is 1. The maximum absolute atomic E-state index is 13.1. The summed E-state index contributed by atoms with van der Waals surface area (Å²) in [6.07, 6.45) is 1.98. The number of amides is 1. The molecular weight excluding hydrogens is 403 g/mol. The number of anilines is 1. The Balaban J connectivity index is 1.34. The van der Waals surface area contributed by atoms with Crippen LogP contribution in [0.5, 0.6) is 0 Å². The van der Waals surface area contributed by atoms with Crippen molar-refractivity contribution in [3.63, 3.8) is 0 Å². The van der Waals surface area contributed by atoms with Gasteiger partial charge in [-0.05, 0) is 60.5 Å². The molecule has 166 valence electrons. The van der Waals surface area contributed by atoms with Crippen LogP contribution in [0.1, 0.15) is 18.1 Å². The molecular formula is C26H29FN4O. The van der Waals surface area contributed by atoms with Crippen LogP contribution in [0.3, 0.4) is 0 Å². The summed E-state index contributed by atoms with van der Waals surface area (Å²) in [4.78, 5) is 21.4. The standard InChI is InChI=1S/C26H29FN4O/c1-19-17-31(14-13-28-19)18-20-3-10-24(11-4-20)30(2)26(32)15-21-5-12-25(29-16-21)22-6-8-23(27)9-7-22/h3-12,16,19,28H,13-15,17-18H2,1-2H3/t19-/m0/s1. The number of halogens is 1. The molecule has 1 aliphatic rings. The molecule has 6 heteroatoms. The van der Waals surface area contributed by atoms with Gasteiger partial charge in [0.25, 0.3) is 0 Å². The Morgan fingerprint density at radius 3 is 2.47 bits per heavy atom. The Morgan fingerprint density at radius 2 is 1.81 bits per heavy atom. The van der Waals surface area contributed by atoms with E-state index < -0.39 is 0 Å². The zero-order chi connectivity index (χ0) is 22.5. The van der Waals surface area contributed by atoms with Crippen molar-refractivity contribution in [1.29, 1.82) is 0 Å². The Morgan fingerprint density at radius 1 is 1.09 bits per heavy atom. The quantitative estimate of drug-likeness (QED) is 0.642. The summed E-state index contributed by atoms with van der Waals surface area (Å²) >= 11 is 0. The van der Waals surface area contributed by atoms with Crippen LogP contribution in [0.4, 0.5) is 10.1 Å². The third kappa shape index (κ3) is 5.58. The van der Waals surface area contributed by atoms with Crippen LogP contribution in [-0.4, -0.2) is 48.5 Å². The van der Waals surface area contributed by atoms with E-state index in [-0.39, 0.29) is 18.1 Å².